The van der Waals surface area contributed by atoms with Gasteiger partial charge >= 0.3 is 0 Å². The van der Waals surface area contributed by atoms with Crippen molar-refractivity contribution in [2.24, 2.45) is 0 Å². The van der Waals surface area contributed by atoms with E-state index in [1.54, 1.807) is 6.33 Å². The second kappa shape index (κ2) is 6.53. The van der Waals surface area contributed by atoms with E-state index in [-0.39, 0.29) is 0 Å². The molecular formula is C22H17N5. The highest BCUT2D eigenvalue weighted by Crippen LogP contribution is 2.25. The smallest absolute Gasteiger partial charge is 0.141 e. The number of benzene rings is 3. The molecule has 0 saturated carbocycles. The molecule has 0 aliphatic rings. The van der Waals surface area contributed by atoms with Gasteiger partial charge in [0.25, 0.3) is 0 Å². The summed E-state index contributed by atoms with van der Waals surface area (Å²) in [7, 11) is 0. The molecule has 0 bridgehead atoms. The molecule has 0 atom stereocenters. The van der Waals surface area contributed by atoms with Gasteiger partial charge in [-0.25, -0.2) is 15.0 Å². The Balaban J connectivity index is 1.46. The summed E-state index contributed by atoms with van der Waals surface area (Å²) in [6.45, 7) is 0. The lowest BCUT2D eigenvalue weighted by molar-refractivity contribution is 1.04. The fourth-order valence-electron chi connectivity index (χ4n) is 3.25. The molecule has 5 rings (SSSR count). The lowest BCUT2D eigenvalue weighted by Gasteiger charge is -2.08. The van der Waals surface area contributed by atoms with Crippen molar-refractivity contribution in [1.82, 2.24) is 19.9 Å². The van der Waals surface area contributed by atoms with Crippen molar-refractivity contribution in [3.05, 3.63) is 90.5 Å². The van der Waals surface area contributed by atoms with Crippen LogP contribution in [-0.2, 0) is 6.42 Å². The van der Waals surface area contributed by atoms with E-state index in [9.17, 15) is 0 Å². The Hall–Kier alpha value is -3.73. The molecule has 0 aliphatic carbocycles. The fourth-order valence-corrected chi connectivity index (χ4v) is 3.25. The maximum absolute atomic E-state index is 4.74. The highest BCUT2D eigenvalue weighted by Gasteiger charge is 2.07. The van der Waals surface area contributed by atoms with Crippen LogP contribution in [0.4, 0.5) is 11.5 Å². The standard InChI is InChI=1S/C22H17N5/c1-2-6-15(7-3-1)12-21-26-19-11-10-16(13-20(19)27-21)25-22-17-8-4-5-9-18(17)23-14-24-22/h1-11,13-14H,12H2,(H,26,27)(H,23,24,25). The molecule has 2 heterocycles. The third-order valence-electron chi connectivity index (χ3n) is 4.55. The van der Waals surface area contributed by atoms with Crippen LogP contribution in [-0.4, -0.2) is 19.9 Å². The zero-order chi connectivity index (χ0) is 18.1. The number of aromatic amines is 1. The molecule has 0 fully saturated rings. The summed E-state index contributed by atoms with van der Waals surface area (Å²) >= 11 is 0. The summed E-state index contributed by atoms with van der Waals surface area (Å²) in [4.78, 5) is 16.8. The van der Waals surface area contributed by atoms with Crippen LogP contribution in [0, 0.1) is 0 Å². The maximum atomic E-state index is 4.74. The minimum absolute atomic E-state index is 0.787. The molecule has 0 unspecified atom stereocenters. The number of anilines is 2. The first-order valence-electron chi connectivity index (χ1n) is 8.84. The Morgan fingerprint density at radius 1 is 0.815 bits per heavy atom. The molecule has 0 spiro atoms. The van der Waals surface area contributed by atoms with Gasteiger partial charge in [-0.2, -0.15) is 0 Å². The molecule has 130 valence electrons. The largest absolute Gasteiger partial charge is 0.342 e. The van der Waals surface area contributed by atoms with E-state index in [2.05, 4.69) is 32.4 Å². The molecular weight excluding hydrogens is 334 g/mol. The molecule has 2 N–H and O–H groups in total. The van der Waals surface area contributed by atoms with Gasteiger partial charge in [-0.3, -0.25) is 0 Å². The number of hydrogen-bond donors (Lipinski definition) is 2. The molecule has 0 aliphatic heterocycles. The van der Waals surface area contributed by atoms with E-state index in [0.717, 1.165) is 45.7 Å². The van der Waals surface area contributed by atoms with Gasteiger partial charge in [0.1, 0.15) is 18.0 Å². The van der Waals surface area contributed by atoms with Crippen molar-refractivity contribution in [3.63, 3.8) is 0 Å². The van der Waals surface area contributed by atoms with Crippen molar-refractivity contribution in [1.29, 1.82) is 0 Å². The van der Waals surface area contributed by atoms with E-state index in [4.69, 9.17) is 4.98 Å². The van der Waals surface area contributed by atoms with E-state index in [0.29, 0.717) is 0 Å². The van der Waals surface area contributed by atoms with Gasteiger partial charge in [-0.15, -0.1) is 0 Å². The van der Waals surface area contributed by atoms with Crippen LogP contribution in [0.2, 0.25) is 0 Å². The van der Waals surface area contributed by atoms with Crippen LogP contribution in [0.25, 0.3) is 21.9 Å². The summed E-state index contributed by atoms with van der Waals surface area (Å²) in [5.74, 6) is 1.75. The number of hydrogen-bond acceptors (Lipinski definition) is 4. The predicted octanol–water partition coefficient (Wildman–Crippen LogP) is 4.84. The highest BCUT2D eigenvalue weighted by atomic mass is 15.0. The van der Waals surface area contributed by atoms with E-state index < -0.39 is 0 Å². The van der Waals surface area contributed by atoms with Crippen molar-refractivity contribution in [2.75, 3.05) is 5.32 Å². The van der Waals surface area contributed by atoms with Crippen LogP contribution >= 0.6 is 0 Å². The van der Waals surface area contributed by atoms with E-state index in [1.165, 1.54) is 5.56 Å². The molecule has 2 aromatic heterocycles. The second-order valence-electron chi connectivity index (χ2n) is 6.44. The zero-order valence-electron chi connectivity index (χ0n) is 14.6. The van der Waals surface area contributed by atoms with Crippen LogP contribution < -0.4 is 5.32 Å². The number of rotatable bonds is 4. The minimum atomic E-state index is 0.787. The molecule has 3 aromatic carbocycles. The molecule has 5 aromatic rings. The number of fused-ring (bicyclic) bond motifs is 2. The van der Waals surface area contributed by atoms with Crippen LogP contribution in [0.15, 0.2) is 79.1 Å². The van der Waals surface area contributed by atoms with Gasteiger partial charge in [0.15, 0.2) is 0 Å². The Bertz CT molecular complexity index is 1220. The molecule has 0 radical (unpaired) electrons. The Morgan fingerprint density at radius 3 is 2.59 bits per heavy atom. The third-order valence-corrected chi connectivity index (χ3v) is 4.55. The molecule has 0 amide bonds. The highest BCUT2D eigenvalue weighted by molar-refractivity contribution is 5.91. The van der Waals surface area contributed by atoms with Gasteiger partial charge in [0.05, 0.1) is 16.6 Å². The average Bonchev–Trinajstić information content (AvgIpc) is 3.10. The maximum Gasteiger partial charge on any atom is 0.141 e. The third kappa shape index (κ3) is 3.11. The Labute approximate surface area is 156 Å². The van der Waals surface area contributed by atoms with Crippen LogP contribution in [0.3, 0.4) is 0 Å². The van der Waals surface area contributed by atoms with Crippen molar-refractivity contribution in [3.8, 4) is 0 Å². The second-order valence-corrected chi connectivity index (χ2v) is 6.44. The number of H-pyrrole nitrogens is 1. The first-order chi connectivity index (χ1) is 13.3. The number of nitrogens with one attached hydrogen (secondary N) is 2. The number of imidazole rings is 1. The number of para-hydroxylation sites is 1. The first-order valence-corrected chi connectivity index (χ1v) is 8.84. The monoisotopic (exact) mass is 351 g/mol. The quantitative estimate of drug-likeness (QED) is 0.486. The molecule has 5 nitrogen and oxygen atoms in total. The van der Waals surface area contributed by atoms with Gasteiger partial charge in [0.2, 0.25) is 0 Å². The molecule has 27 heavy (non-hydrogen) atoms. The number of aromatic nitrogens is 4. The summed E-state index contributed by atoms with van der Waals surface area (Å²) in [6, 6.07) is 24.4. The summed E-state index contributed by atoms with van der Waals surface area (Å²) in [5.41, 5.74) is 5.07. The lowest BCUT2D eigenvalue weighted by atomic mass is 10.1. The van der Waals surface area contributed by atoms with Gasteiger partial charge in [-0.1, -0.05) is 42.5 Å². The normalized spacial score (nSPS) is 11.1. The Kier molecular flexibility index (Phi) is 3.76. The van der Waals surface area contributed by atoms with Gasteiger partial charge in [0, 0.05) is 17.5 Å². The lowest BCUT2D eigenvalue weighted by Crippen LogP contribution is -1.95. The van der Waals surface area contributed by atoms with Crippen molar-refractivity contribution < 1.29 is 0 Å². The summed E-state index contributed by atoms with van der Waals surface area (Å²) in [6.07, 6.45) is 2.37. The van der Waals surface area contributed by atoms with E-state index in [1.807, 2.05) is 60.7 Å². The first kappa shape index (κ1) is 15.5. The van der Waals surface area contributed by atoms with Gasteiger partial charge < -0.3 is 10.3 Å². The Morgan fingerprint density at radius 2 is 1.67 bits per heavy atom. The van der Waals surface area contributed by atoms with E-state index >= 15 is 0 Å². The fraction of sp³-hybridized carbons (Fsp3) is 0.0455. The zero-order valence-corrected chi connectivity index (χ0v) is 14.6. The summed E-state index contributed by atoms with van der Waals surface area (Å²) < 4.78 is 0. The summed E-state index contributed by atoms with van der Waals surface area (Å²) in [5, 5.41) is 4.39. The van der Waals surface area contributed by atoms with Crippen molar-refractivity contribution in [2.45, 2.75) is 6.42 Å². The molecule has 5 heteroatoms. The van der Waals surface area contributed by atoms with Gasteiger partial charge in [-0.05, 0) is 35.9 Å². The topological polar surface area (TPSA) is 66.5 Å². The average molecular weight is 351 g/mol. The SMILES string of the molecule is c1ccc(Cc2nc3cc(Nc4ncnc5ccccc45)ccc3[nH]2)cc1. The molecule has 0 saturated heterocycles. The van der Waals surface area contributed by atoms with Crippen LogP contribution in [0.5, 0.6) is 0 Å². The van der Waals surface area contributed by atoms with Crippen molar-refractivity contribution >= 4 is 33.4 Å². The predicted molar refractivity (Wildman–Crippen MR) is 108 cm³/mol. The van der Waals surface area contributed by atoms with Crippen LogP contribution in [0.1, 0.15) is 11.4 Å². The number of nitrogens with zero attached hydrogens (tertiary/aromatic N) is 3. The minimum Gasteiger partial charge on any atom is -0.342 e.